The van der Waals surface area contributed by atoms with Gasteiger partial charge in [0.1, 0.15) is 23.3 Å². The molecule has 0 saturated heterocycles. The fraction of sp³-hybridized carbons (Fsp3) is 0. The molecule has 0 amide bonds. The van der Waals surface area contributed by atoms with E-state index in [1.807, 2.05) is 24.3 Å². The van der Waals surface area contributed by atoms with E-state index in [1.54, 1.807) is 6.07 Å². The first-order valence-electron chi connectivity index (χ1n) is 6.40. The lowest BCUT2D eigenvalue weighted by atomic mass is 10.1. The molecule has 4 nitrogen and oxygen atoms in total. The monoisotopic (exact) mass is 312 g/mol. The van der Waals surface area contributed by atoms with E-state index in [4.69, 9.17) is 17.3 Å². The molecule has 0 aliphatic carbocycles. The SMILES string of the molecule is N#Cc1c(N)nc2ccccc2c1Nc1ccc(F)c(Cl)c1. The maximum atomic E-state index is 13.3. The number of halogens is 2. The maximum absolute atomic E-state index is 13.3. The molecule has 1 heterocycles. The van der Waals surface area contributed by atoms with Crippen LogP contribution in [0.25, 0.3) is 10.9 Å². The van der Waals surface area contributed by atoms with Gasteiger partial charge in [-0.2, -0.15) is 5.26 Å². The topological polar surface area (TPSA) is 74.7 Å². The molecule has 3 N–H and O–H groups in total. The Balaban J connectivity index is 2.20. The van der Waals surface area contributed by atoms with Gasteiger partial charge in [0.05, 0.1) is 16.2 Å². The third kappa shape index (κ3) is 2.41. The van der Waals surface area contributed by atoms with Crippen LogP contribution in [-0.4, -0.2) is 4.98 Å². The number of hydrogen-bond acceptors (Lipinski definition) is 4. The fourth-order valence-electron chi connectivity index (χ4n) is 2.19. The summed E-state index contributed by atoms with van der Waals surface area (Å²) in [6.45, 7) is 0. The van der Waals surface area contributed by atoms with Crippen molar-refractivity contribution in [3.63, 3.8) is 0 Å². The average molecular weight is 313 g/mol. The summed E-state index contributed by atoms with van der Waals surface area (Å²) in [5, 5.41) is 13.2. The van der Waals surface area contributed by atoms with Gasteiger partial charge in [0.25, 0.3) is 0 Å². The predicted molar refractivity (Wildman–Crippen MR) is 85.6 cm³/mol. The summed E-state index contributed by atoms with van der Waals surface area (Å²) in [5.41, 5.74) is 7.82. The standard InChI is InChI=1S/C16H10ClFN4/c17-12-7-9(5-6-13(12)18)21-15-10-3-1-2-4-14(10)22-16(20)11(15)8-19/h1-7H,(H3,20,21,22). The van der Waals surface area contributed by atoms with Crippen LogP contribution in [0.4, 0.5) is 21.6 Å². The minimum absolute atomic E-state index is 0.00478. The van der Waals surface area contributed by atoms with Crippen molar-refractivity contribution in [2.45, 2.75) is 0 Å². The van der Waals surface area contributed by atoms with Crippen molar-refractivity contribution in [3.05, 3.63) is 58.9 Å². The molecular weight excluding hydrogens is 303 g/mol. The normalized spacial score (nSPS) is 10.4. The van der Waals surface area contributed by atoms with Gasteiger partial charge >= 0.3 is 0 Å². The molecule has 0 bridgehead atoms. The maximum Gasteiger partial charge on any atom is 0.144 e. The van der Waals surface area contributed by atoms with E-state index < -0.39 is 5.82 Å². The minimum atomic E-state index is -0.508. The molecule has 0 spiro atoms. The summed E-state index contributed by atoms with van der Waals surface area (Å²) in [6.07, 6.45) is 0. The lowest BCUT2D eigenvalue weighted by molar-refractivity contribution is 0.628. The van der Waals surface area contributed by atoms with E-state index in [9.17, 15) is 9.65 Å². The first-order chi connectivity index (χ1) is 10.6. The van der Waals surface area contributed by atoms with Crippen LogP contribution < -0.4 is 11.1 Å². The van der Waals surface area contributed by atoms with E-state index in [0.717, 1.165) is 5.39 Å². The second-order valence-corrected chi connectivity index (χ2v) is 5.04. The number of nitrogens with one attached hydrogen (secondary N) is 1. The van der Waals surface area contributed by atoms with Gasteiger partial charge in [-0.3, -0.25) is 0 Å². The predicted octanol–water partition coefficient (Wildman–Crippen LogP) is 4.22. The molecule has 2 aromatic carbocycles. The van der Waals surface area contributed by atoms with Gasteiger partial charge in [-0.25, -0.2) is 9.37 Å². The Hall–Kier alpha value is -2.84. The second kappa shape index (κ2) is 5.51. The van der Waals surface area contributed by atoms with E-state index in [2.05, 4.69) is 10.3 Å². The van der Waals surface area contributed by atoms with Gasteiger partial charge in [0, 0.05) is 11.1 Å². The third-order valence-corrected chi connectivity index (χ3v) is 3.51. The molecule has 0 unspecified atom stereocenters. The Kier molecular flexibility index (Phi) is 3.53. The van der Waals surface area contributed by atoms with Gasteiger partial charge in [-0.1, -0.05) is 29.8 Å². The van der Waals surface area contributed by atoms with Crippen LogP contribution in [-0.2, 0) is 0 Å². The largest absolute Gasteiger partial charge is 0.383 e. The molecule has 3 rings (SSSR count). The van der Waals surface area contributed by atoms with Crippen LogP contribution in [0.5, 0.6) is 0 Å². The Morgan fingerprint density at radius 2 is 2.00 bits per heavy atom. The van der Waals surface area contributed by atoms with Gasteiger partial charge in [0.15, 0.2) is 0 Å². The summed E-state index contributed by atoms with van der Waals surface area (Å²) in [6, 6.07) is 13.6. The molecule has 1 aromatic heterocycles. The number of rotatable bonds is 2. The summed E-state index contributed by atoms with van der Waals surface area (Å²) >= 11 is 5.79. The third-order valence-electron chi connectivity index (χ3n) is 3.22. The molecule has 3 aromatic rings. The zero-order valence-corrected chi connectivity index (χ0v) is 12.0. The number of nitrogens with two attached hydrogens (primary N) is 1. The fourth-order valence-corrected chi connectivity index (χ4v) is 2.37. The Bertz CT molecular complexity index is 918. The van der Waals surface area contributed by atoms with Gasteiger partial charge in [0.2, 0.25) is 0 Å². The van der Waals surface area contributed by atoms with Gasteiger partial charge in [-0.05, 0) is 24.3 Å². The van der Waals surface area contributed by atoms with Crippen LogP contribution in [0.2, 0.25) is 5.02 Å². The Morgan fingerprint density at radius 1 is 1.23 bits per heavy atom. The highest BCUT2D eigenvalue weighted by molar-refractivity contribution is 6.31. The second-order valence-electron chi connectivity index (χ2n) is 4.63. The highest BCUT2D eigenvalue weighted by atomic mass is 35.5. The Morgan fingerprint density at radius 3 is 2.73 bits per heavy atom. The van der Waals surface area contributed by atoms with E-state index in [0.29, 0.717) is 16.9 Å². The first-order valence-corrected chi connectivity index (χ1v) is 6.78. The molecule has 0 fully saturated rings. The number of anilines is 3. The quantitative estimate of drug-likeness (QED) is 0.742. The van der Waals surface area contributed by atoms with Crippen LogP contribution >= 0.6 is 11.6 Å². The van der Waals surface area contributed by atoms with Crippen LogP contribution in [0.1, 0.15) is 5.56 Å². The smallest absolute Gasteiger partial charge is 0.144 e. The number of nitrogens with zero attached hydrogens (tertiary/aromatic N) is 2. The van der Waals surface area contributed by atoms with Crippen molar-refractivity contribution in [1.82, 2.24) is 4.98 Å². The van der Waals surface area contributed by atoms with Crippen molar-refractivity contribution in [1.29, 1.82) is 5.26 Å². The molecule has 0 saturated carbocycles. The number of benzene rings is 2. The first kappa shape index (κ1) is 14.1. The number of nitriles is 1. The molecule has 0 aliphatic rings. The summed E-state index contributed by atoms with van der Waals surface area (Å²) in [5.74, 6) is -0.372. The zero-order chi connectivity index (χ0) is 15.7. The summed E-state index contributed by atoms with van der Waals surface area (Å²) in [7, 11) is 0. The lowest BCUT2D eigenvalue weighted by Gasteiger charge is -2.13. The number of nitrogen functional groups attached to an aromatic ring is 1. The minimum Gasteiger partial charge on any atom is -0.383 e. The van der Waals surface area contributed by atoms with Crippen molar-refractivity contribution < 1.29 is 4.39 Å². The molecule has 0 atom stereocenters. The number of aromatic nitrogens is 1. The highest BCUT2D eigenvalue weighted by Crippen LogP contribution is 2.32. The summed E-state index contributed by atoms with van der Waals surface area (Å²) in [4.78, 5) is 4.21. The van der Waals surface area contributed by atoms with E-state index >= 15 is 0 Å². The molecule has 22 heavy (non-hydrogen) atoms. The number of hydrogen-bond donors (Lipinski definition) is 2. The number of pyridine rings is 1. The number of fused-ring (bicyclic) bond motifs is 1. The number of para-hydroxylation sites is 1. The van der Waals surface area contributed by atoms with Crippen LogP contribution in [0.15, 0.2) is 42.5 Å². The van der Waals surface area contributed by atoms with Crippen LogP contribution in [0, 0.1) is 17.1 Å². The van der Waals surface area contributed by atoms with E-state index in [-0.39, 0.29) is 16.4 Å². The average Bonchev–Trinajstić information content (AvgIpc) is 2.51. The molecular formula is C16H10ClFN4. The molecule has 6 heteroatoms. The zero-order valence-electron chi connectivity index (χ0n) is 11.3. The lowest BCUT2D eigenvalue weighted by Crippen LogP contribution is -2.02. The van der Waals surface area contributed by atoms with Crippen LogP contribution in [0.3, 0.4) is 0 Å². The van der Waals surface area contributed by atoms with Crippen molar-refractivity contribution in [3.8, 4) is 6.07 Å². The summed E-state index contributed by atoms with van der Waals surface area (Å²) < 4.78 is 13.3. The van der Waals surface area contributed by atoms with Gasteiger partial charge in [-0.15, -0.1) is 0 Å². The van der Waals surface area contributed by atoms with Crippen molar-refractivity contribution in [2.24, 2.45) is 0 Å². The van der Waals surface area contributed by atoms with Crippen molar-refractivity contribution >= 4 is 39.7 Å². The van der Waals surface area contributed by atoms with E-state index in [1.165, 1.54) is 18.2 Å². The molecule has 0 radical (unpaired) electrons. The van der Waals surface area contributed by atoms with Crippen molar-refractivity contribution in [2.75, 3.05) is 11.1 Å². The molecule has 0 aliphatic heterocycles. The highest BCUT2D eigenvalue weighted by Gasteiger charge is 2.13. The Labute approximate surface area is 131 Å². The van der Waals surface area contributed by atoms with Gasteiger partial charge < -0.3 is 11.1 Å². The molecule has 108 valence electrons.